The van der Waals surface area contributed by atoms with E-state index in [1.807, 2.05) is 6.92 Å². The van der Waals surface area contributed by atoms with E-state index >= 15 is 0 Å². The summed E-state index contributed by atoms with van der Waals surface area (Å²) in [6.45, 7) is 4.44. The molecule has 1 aliphatic rings. The average Bonchev–Trinajstić information content (AvgIpc) is 2.78. The number of carbonyl (C=O) groups is 3. The van der Waals surface area contributed by atoms with Gasteiger partial charge in [-0.3, -0.25) is 14.4 Å². The van der Waals surface area contributed by atoms with E-state index in [2.05, 4.69) is 10.6 Å². The van der Waals surface area contributed by atoms with E-state index in [4.69, 9.17) is 4.74 Å². The van der Waals surface area contributed by atoms with E-state index in [1.165, 1.54) is 0 Å². The van der Waals surface area contributed by atoms with Gasteiger partial charge in [-0.1, -0.05) is 6.92 Å². The van der Waals surface area contributed by atoms with Crippen LogP contribution in [0.15, 0.2) is 0 Å². The van der Waals surface area contributed by atoms with Crippen molar-refractivity contribution < 1.29 is 19.1 Å². The Hall–Kier alpha value is -1.63. The van der Waals surface area contributed by atoms with Gasteiger partial charge in [0.2, 0.25) is 17.7 Å². The zero-order valence-corrected chi connectivity index (χ0v) is 12.8. The number of hydrogen-bond acceptors (Lipinski definition) is 4. The summed E-state index contributed by atoms with van der Waals surface area (Å²) >= 11 is 0. The number of nitrogens with zero attached hydrogens (tertiary/aromatic N) is 1. The van der Waals surface area contributed by atoms with Crippen molar-refractivity contribution in [2.45, 2.75) is 26.2 Å². The maximum atomic E-state index is 11.8. The van der Waals surface area contributed by atoms with Crippen molar-refractivity contribution in [3.8, 4) is 0 Å². The molecule has 1 heterocycles. The summed E-state index contributed by atoms with van der Waals surface area (Å²) in [5, 5.41) is 5.42. The van der Waals surface area contributed by atoms with Gasteiger partial charge in [-0.05, 0) is 6.42 Å². The Balaban J connectivity index is 2.06. The minimum atomic E-state index is -0.298. The van der Waals surface area contributed by atoms with Gasteiger partial charge in [-0.15, -0.1) is 0 Å². The molecule has 0 aromatic carbocycles. The van der Waals surface area contributed by atoms with Gasteiger partial charge in [0.1, 0.15) is 0 Å². The Labute approximate surface area is 125 Å². The summed E-state index contributed by atoms with van der Waals surface area (Å²) in [7, 11) is 1.68. The highest BCUT2D eigenvalue weighted by molar-refractivity contribution is 5.89. The first-order valence-electron chi connectivity index (χ1n) is 7.40. The van der Waals surface area contributed by atoms with Crippen LogP contribution in [-0.2, 0) is 19.1 Å². The van der Waals surface area contributed by atoms with Gasteiger partial charge in [0.15, 0.2) is 0 Å². The van der Waals surface area contributed by atoms with Gasteiger partial charge >= 0.3 is 0 Å². The monoisotopic (exact) mass is 299 g/mol. The molecule has 1 aliphatic heterocycles. The summed E-state index contributed by atoms with van der Waals surface area (Å²) < 4.78 is 5.24. The summed E-state index contributed by atoms with van der Waals surface area (Å²) in [5.74, 6) is -0.588. The van der Waals surface area contributed by atoms with Crippen molar-refractivity contribution in [3.63, 3.8) is 0 Å². The largest absolute Gasteiger partial charge is 0.380 e. The molecule has 1 unspecified atom stereocenters. The molecule has 7 heteroatoms. The Morgan fingerprint density at radius 3 is 2.67 bits per heavy atom. The number of nitrogens with one attached hydrogen (secondary N) is 2. The molecule has 0 radical (unpaired) electrons. The SMILES string of the molecule is CCCOCCNC(=O)CCNC(=O)C1CC(=O)N(C)C1. The van der Waals surface area contributed by atoms with E-state index in [-0.39, 0.29) is 43.0 Å². The van der Waals surface area contributed by atoms with Gasteiger partial charge in [0.25, 0.3) is 0 Å². The van der Waals surface area contributed by atoms with E-state index in [1.54, 1.807) is 11.9 Å². The molecule has 7 nitrogen and oxygen atoms in total. The molecule has 21 heavy (non-hydrogen) atoms. The van der Waals surface area contributed by atoms with Crippen LogP contribution in [0.2, 0.25) is 0 Å². The van der Waals surface area contributed by atoms with Gasteiger partial charge < -0.3 is 20.3 Å². The van der Waals surface area contributed by atoms with Crippen molar-refractivity contribution in [1.82, 2.24) is 15.5 Å². The van der Waals surface area contributed by atoms with E-state index < -0.39 is 0 Å². The molecule has 0 aromatic heterocycles. The highest BCUT2D eigenvalue weighted by Gasteiger charge is 2.31. The van der Waals surface area contributed by atoms with Crippen LogP contribution in [0, 0.1) is 5.92 Å². The normalized spacial score (nSPS) is 17.9. The van der Waals surface area contributed by atoms with Crippen LogP contribution < -0.4 is 10.6 Å². The lowest BCUT2D eigenvalue weighted by molar-refractivity contribution is -0.128. The smallest absolute Gasteiger partial charge is 0.225 e. The zero-order valence-electron chi connectivity index (χ0n) is 12.8. The molecule has 0 saturated carbocycles. The lowest BCUT2D eigenvalue weighted by Gasteiger charge is -2.11. The Morgan fingerprint density at radius 2 is 2.05 bits per heavy atom. The highest BCUT2D eigenvalue weighted by Crippen LogP contribution is 2.15. The van der Waals surface area contributed by atoms with E-state index in [0.29, 0.717) is 26.3 Å². The first-order valence-corrected chi connectivity index (χ1v) is 7.40. The molecule has 1 rings (SSSR count). The van der Waals surface area contributed by atoms with Crippen molar-refractivity contribution in [3.05, 3.63) is 0 Å². The first-order chi connectivity index (χ1) is 10.0. The molecule has 2 N–H and O–H groups in total. The van der Waals surface area contributed by atoms with Crippen LogP contribution in [0.3, 0.4) is 0 Å². The topological polar surface area (TPSA) is 87.7 Å². The van der Waals surface area contributed by atoms with Crippen LogP contribution >= 0.6 is 0 Å². The third kappa shape index (κ3) is 6.57. The second kappa shape index (κ2) is 9.33. The summed E-state index contributed by atoms with van der Waals surface area (Å²) in [5.41, 5.74) is 0. The quantitative estimate of drug-likeness (QED) is 0.563. The number of rotatable bonds is 9. The molecular weight excluding hydrogens is 274 g/mol. The Kier molecular flexibility index (Phi) is 7.74. The van der Waals surface area contributed by atoms with Crippen molar-refractivity contribution in [1.29, 1.82) is 0 Å². The molecule has 0 bridgehead atoms. The maximum Gasteiger partial charge on any atom is 0.225 e. The summed E-state index contributed by atoms with van der Waals surface area (Å²) in [6, 6.07) is 0. The van der Waals surface area contributed by atoms with Crippen LogP contribution in [0.25, 0.3) is 0 Å². The van der Waals surface area contributed by atoms with Crippen LogP contribution in [-0.4, -0.2) is 62.5 Å². The van der Waals surface area contributed by atoms with Gasteiger partial charge in [0, 0.05) is 46.1 Å². The zero-order chi connectivity index (χ0) is 15.7. The second-order valence-corrected chi connectivity index (χ2v) is 5.18. The van der Waals surface area contributed by atoms with Crippen LogP contribution in [0.4, 0.5) is 0 Å². The van der Waals surface area contributed by atoms with E-state index in [0.717, 1.165) is 6.42 Å². The molecule has 120 valence electrons. The standard InChI is InChI=1S/C14H25N3O4/c1-3-7-21-8-6-15-12(18)4-5-16-14(20)11-9-13(19)17(2)10-11/h11H,3-10H2,1-2H3,(H,15,18)(H,16,20). The Bertz CT molecular complexity index is 373. The molecule has 1 saturated heterocycles. The average molecular weight is 299 g/mol. The van der Waals surface area contributed by atoms with E-state index in [9.17, 15) is 14.4 Å². The third-order valence-electron chi connectivity index (χ3n) is 3.28. The number of ether oxygens (including phenoxy) is 1. The molecule has 1 fully saturated rings. The fraction of sp³-hybridized carbons (Fsp3) is 0.786. The molecular formula is C14H25N3O4. The molecule has 0 spiro atoms. The lowest BCUT2D eigenvalue weighted by Crippen LogP contribution is -2.36. The van der Waals surface area contributed by atoms with Crippen LogP contribution in [0.1, 0.15) is 26.2 Å². The number of carbonyl (C=O) groups excluding carboxylic acids is 3. The van der Waals surface area contributed by atoms with Crippen LogP contribution in [0.5, 0.6) is 0 Å². The number of amides is 3. The fourth-order valence-corrected chi connectivity index (χ4v) is 2.08. The molecule has 1 atom stereocenters. The third-order valence-corrected chi connectivity index (χ3v) is 3.28. The maximum absolute atomic E-state index is 11.8. The predicted molar refractivity (Wildman–Crippen MR) is 77.5 cm³/mol. The van der Waals surface area contributed by atoms with Gasteiger partial charge in [0.05, 0.1) is 12.5 Å². The highest BCUT2D eigenvalue weighted by atomic mass is 16.5. The van der Waals surface area contributed by atoms with Crippen molar-refractivity contribution in [2.75, 3.05) is 39.9 Å². The molecule has 3 amide bonds. The second-order valence-electron chi connectivity index (χ2n) is 5.18. The fourth-order valence-electron chi connectivity index (χ4n) is 2.08. The number of hydrogen-bond donors (Lipinski definition) is 2. The predicted octanol–water partition coefficient (Wildman–Crippen LogP) is -0.486. The summed E-state index contributed by atoms with van der Waals surface area (Å²) in [6.07, 6.45) is 1.44. The minimum absolute atomic E-state index is 0.0139. The molecule has 0 aliphatic carbocycles. The molecule has 0 aromatic rings. The van der Waals surface area contributed by atoms with Crippen molar-refractivity contribution in [2.24, 2.45) is 5.92 Å². The van der Waals surface area contributed by atoms with Gasteiger partial charge in [-0.2, -0.15) is 0 Å². The minimum Gasteiger partial charge on any atom is -0.380 e. The first kappa shape index (κ1) is 17.4. The van der Waals surface area contributed by atoms with Gasteiger partial charge in [-0.25, -0.2) is 0 Å². The number of likely N-dealkylation sites (tertiary alicyclic amines) is 1. The summed E-state index contributed by atoms with van der Waals surface area (Å²) in [4.78, 5) is 36.2. The lowest BCUT2D eigenvalue weighted by atomic mass is 10.1. The van der Waals surface area contributed by atoms with Crippen molar-refractivity contribution >= 4 is 17.7 Å². The Morgan fingerprint density at radius 1 is 1.29 bits per heavy atom.